The highest BCUT2D eigenvalue weighted by Crippen LogP contribution is 2.44. The minimum atomic E-state index is -0.181. The Morgan fingerprint density at radius 3 is 3.19 bits per heavy atom. The van der Waals surface area contributed by atoms with Crippen LogP contribution in [0.4, 0.5) is 10.1 Å². The minimum Gasteiger partial charge on any atom is -0.352 e. The number of hydrogen-bond donors (Lipinski definition) is 0. The standard InChI is InChI=1S/C13H13FN2/c14-10-3-1-9-7-16-11-4-2-8(5-11)13(16)15-12(9)6-10/h1,3,6,8,11H,2,4-5,7H2. The van der Waals surface area contributed by atoms with Crippen molar-refractivity contribution in [2.75, 3.05) is 0 Å². The van der Waals surface area contributed by atoms with Crippen LogP contribution in [0.3, 0.4) is 0 Å². The Kier molecular flexibility index (Phi) is 1.55. The van der Waals surface area contributed by atoms with Gasteiger partial charge in [-0.2, -0.15) is 0 Å². The van der Waals surface area contributed by atoms with Gasteiger partial charge in [0.2, 0.25) is 0 Å². The van der Waals surface area contributed by atoms with Gasteiger partial charge in [-0.3, -0.25) is 0 Å². The quantitative estimate of drug-likeness (QED) is 0.651. The van der Waals surface area contributed by atoms with Crippen LogP contribution >= 0.6 is 0 Å². The normalized spacial score (nSPS) is 30.1. The molecule has 2 heterocycles. The third-order valence-corrected chi connectivity index (χ3v) is 4.13. The molecule has 1 saturated carbocycles. The van der Waals surface area contributed by atoms with Crippen LogP contribution in [0.5, 0.6) is 0 Å². The number of aliphatic imine (C=N–C) groups is 1. The highest BCUT2D eigenvalue weighted by atomic mass is 19.1. The van der Waals surface area contributed by atoms with Crippen LogP contribution in [0.1, 0.15) is 24.8 Å². The summed E-state index contributed by atoms with van der Waals surface area (Å²) >= 11 is 0. The van der Waals surface area contributed by atoms with Crippen LogP contribution in [0, 0.1) is 11.7 Å². The molecule has 16 heavy (non-hydrogen) atoms. The largest absolute Gasteiger partial charge is 0.352 e. The molecule has 0 aromatic heterocycles. The zero-order valence-electron chi connectivity index (χ0n) is 8.99. The summed E-state index contributed by atoms with van der Waals surface area (Å²) in [5, 5.41) is 0. The molecule has 2 unspecified atom stereocenters. The van der Waals surface area contributed by atoms with Gasteiger partial charge in [-0.1, -0.05) is 6.07 Å². The van der Waals surface area contributed by atoms with E-state index in [-0.39, 0.29) is 5.82 Å². The number of nitrogens with zero attached hydrogens (tertiary/aromatic N) is 2. The topological polar surface area (TPSA) is 15.6 Å². The van der Waals surface area contributed by atoms with E-state index in [1.54, 1.807) is 6.07 Å². The summed E-state index contributed by atoms with van der Waals surface area (Å²) < 4.78 is 13.1. The Morgan fingerprint density at radius 2 is 2.25 bits per heavy atom. The van der Waals surface area contributed by atoms with Crippen molar-refractivity contribution < 1.29 is 4.39 Å². The average molecular weight is 216 g/mol. The van der Waals surface area contributed by atoms with Gasteiger partial charge in [0.15, 0.2) is 0 Å². The molecule has 4 rings (SSSR count). The molecule has 2 nitrogen and oxygen atoms in total. The molecule has 82 valence electrons. The summed E-state index contributed by atoms with van der Waals surface area (Å²) in [6, 6.07) is 5.66. The molecule has 1 aliphatic carbocycles. The third kappa shape index (κ3) is 1.03. The summed E-state index contributed by atoms with van der Waals surface area (Å²) in [5.74, 6) is 1.68. The minimum absolute atomic E-state index is 0.181. The van der Waals surface area contributed by atoms with E-state index in [2.05, 4.69) is 9.89 Å². The smallest absolute Gasteiger partial charge is 0.125 e. The van der Waals surface area contributed by atoms with Crippen LogP contribution in [-0.2, 0) is 6.54 Å². The van der Waals surface area contributed by atoms with Gasteiger partial charge < -0.3 is 4.90 Å². The van der Waals surface area contributed by atoms with Crippen molar-refractivity contribution in [1.82, 2.24) is 4.90 Å². The van der Waals surface area contributed by atoms with Gasteiger partial charge >= 0.3 is 0 Å². The van der Waals surface area contributed by atoms with Crippen LogP contribution in [0.15, 0.2) is 23.2 Å². The van der Waals surface area contributed by atoms with Crippen molar-refractivity contribution in [3.63, 3.8) is 0 Å². The molecule has 0 radical (unpaired) electrons. The van der Waals surface area contributed by atoms with Gasteiger partial charge in [-0.25, -0.2) is 9.38 Å². The maximum absolute atomic E-state index is 13.1. The summed E-state index contributed by atoms with van der Waals surface area (Å²) in [4.78, 5) is 7.08. The highest BCUT2D eigenvalue weighted by Gasteiger charge is 2.44. The van der Waals surface area contributed by atoms with E-state index >= 15 is 0 Å². The van der Waals surface area contributed by atoms with Crippen molar-refractivity contribution in [2.24, 2.45) is 10.9 Å². The van der Waals surface area contributed by atoms with Crippen LogP contribution < -0.4 is 0 Å². The van der Waals surface area contributed by atoms with Gasteiger partial charge in [-0.15, -0.1) is 0 Å². The van der Waals surface area contributed by atoms with Crippen LogP contribution in [-0.4, -0.2) is 16.8 Å². The van der Waals surface area contributed by atoms with Crippen molar-refractivity contribution in [3.8, 4) is 0 Å². The average Bonchev–Trinajstić information content (AvgIpc) is 2.87. The molecule has 0 N–H and O–H groups in total. The summed E-state index contributed by atoms with van der Waals surface area (Å²) in [7, 11) is 0. The lowest BCUT2D eigenvalue weighted by Gasteiger charge is -2.33. The molecular weight excluding hydrogens is 203 g/mol. The summed E-state index contributed by atoms with van der Waals surface area (Å²) in [5.41, 5.74) is 2.01. The number of amidine groups is 1. The molecular formula is C13H13FN2. The number of fused-ring (bicyclic) bond motifs is 6. The monoisotopic (exact) mass is 216 g/mol. The zero-order chi connectivity index (χ0) is 10.7. The highest BCUT2D eigenvalue weighted by molar-refractivity contribution is 5.91. The van der Waals surface area contributed by atoms with E-state index in [0.29, 0.717) is 12.0 Å². The SMILES string of the molecule is Fc1ccc2c(c1)N=C1C3CCC(C3)N1C2. The Labute approximate surface area is 93.8 Å². The van der Waals surface area contributed by atoms with Crippen molar-refractivity contribution in [2.45, 2.75) is 31.8 Å². The Morgan fingerprint density at radius 1 is 1.31 bits per heavy atom. The van der Waals surface area contributed by atoms with Gasteiger partial charge in [0.1, 0.15) is 11.7 Å². The number of hydrogen-bond acceptors (Lipinski definition) is 2. The van der Waals surface area contributed by atoms with E-state index in [1.165, 1.54) is 31.2 Å². The number of rotatable bonds is 0. The van der Waals surface area contributed by atoms with Crippen molar-refractivity contribution in [1.29, 1.82) is 0 Å². The third-order valence-electron chi connectivity index (χ3n) is 4.13. The fourth-order valence-corrected chi connectivity index (χ4v) is 3.34. The first kappa shape index (κ1) is 8.74. The van der Waals surface area contributed by atoms with Gasteiger partial charge in [0, 0.05) is 18.5 Å². The second kappa shape index (κ2) is 2.84. The molecule has 3 aliphatic rings. The molecule has 2 atom stereocenters. The summed E-state index contributed by atoms with van der Waals surface area (Å²) in [6.07, 6.45) is 3.83. The first-order valence-electron chi connectivity index (χ1n) is 5.95. The van der Waals surface area contributed by atoms with E-state index in [4.69, 9.17) is 0 Å². The van der Waals surface area contributed by atoms with E-state index in [0.717, 1.165) is 17.8 Å². The Hall–Kier alpha value is -1.38. The van der Waals surface area contributed by atoms with Crippen LogP contribution in [0.2, 0.25) is 0 Å². The number of piperidine rings is 1. The molecule has 1 aromatic carbocycles. The second-order valence-electron chi connectivity index (χ2n) is 5.03. The summed E-state index contributed by atoms with van der Waals surface area (Å²) in [6.45, 7) is 0.926. The lowest BCUT2D eigenvalue weighted by atomic mass is 10.0. The molecule has 2 fully saturated rings. The molecule has 2 bridgehead atoms. The number of benzene rings is 1. The van der Waals surface area contributed by atoms with E-state index in [1.807, 2.05) is 6.07 Å². The number of halogens is 1. The predicted molar refractivity (Wildman–Crippen MR) is 60.2 cm³/mol. The molecule has 3 heteroatoms. The molecule has 1 saturated heterocycles. The fraction of sp³-hybridized carbons (Fsp3) is 0.462. The van der Waals surface area contributed by atoms with Crippen LogP contribution in [0.25, 0.3) is 0 Å². The van der Waals surface area contributed by atoms with E-state index in [9.17, 15) is 4.39 Å². The molecule has 1 aromatic rings. The molecule has 0 spiro atoms. The molecule has 0 amide bonds. The first-order valence-corrected chi connectivity index (χ1v) is 5.95. The van der Waals surface area contributed by atoms with Gasteiger partial charge in [-0.05, 0) is 37.0 Å². The predicted octanol–water partition coefficient (Wildman–Crippen LogP) is 2.85. The Bertz CT molecular complexity index is 495. The first-order chi connectivity index (χ1) is 7.81. The van der Waals surface area contributed by atoms with Gasteiger partial charge in [0.25, 0.3) is 0 Å². The fourth-order valence-electron chi connectivity index (χ4n) is 3.34. The second-order valence-corrected chi connectivity index (χ2v) is 5.03. The van der Waals surface area contributed by atoms with E-state index < -0.39 is 0 Å². The zero-order valence-corrected chi connectivity index (χ0v) is 8.99. The maximum Gasteiger partial charge on any atom is 0.125 e. The lowest BCUT2D eigenvalue weighted by molar-refractivity contribution is 0.317. The van der Waals surface area contributed by atoms with Crippen molar-refractivity contribution >= 4 is 11.5 Å². The van der Waals surface area contributed by atoms with Crippen molar-refractivity contribution in [3.05, 3.63) is 29.6 Å². The molecule has 2 aliphatic heterocycles. The van der Waals surface area contributed by atoms with Gasteiger partial charge in [0.05, 0.1) is 5.69 Å². The maximum atomic E-state index is 13.1. The Balaban J connectivity index is 1.84. The lowest BCUT2D eigenvalue weighted by Crippen LogP contribution is -2.38.